The maximum Gasteiger partial charge on any atom is 0.239 e. The first-order valence-corrected chi connectivity index (χ1v) is 7.74. The van der Waals surface area contributed by atoms with E-state index in [1.54, 1.807) is 0 Å². The van der Waals surface area contributed by atoms with Crippen molar-refractivity contribution in [2.75, 3.05) is 6.54 Å². The zero-order valence-electron chi connectivity index (χ0n) is 13.6. The second-order valence-corrected chi connectivity index (χ2v) is 7.49. The molecule has 0 aliphatic heterocycles. The van der Waals surface area contributed by atoms with Crippen molar-refractivity contribution in [2.45, 2.75) is 78.8 Å². The summed E-state index contributed by atoms with van der Waals surface area (Å²) in [5, 5.41) is 6.55. The first-order chi connectivity index (χ1) is 8.68. The van der Waals surface area contributed by atoms with Gasteiger partial charge in [0.1, 0.15) is 0 Å². The minimum Gasteiger partial charge on any atom is -0.351 e. The van der Waals surface area contributed by atoms with Gasteiger partial charge in [-0.3, -0.25) is 4.79 Å². The number of nitrogens with one attached hydrogen (secondary N) is 2. The van der Waals surface area contributed by atoms with Crippen LogP contribution in [0.2, 0.25) is 0 Å². The van der Waals surface area contributed by atoms with E-state index in [2.05, 4.69) is 31.4 Å². The van der Waals surface area contributed by atoms with Gasteiger partial charge in [-0.2, -0.15) is 0 Å². The molecule has 0 aromatic rings. The molecule has 0 aromatic carbocycles. The second kappa shape index (κ2) is 6.25. The van der Waals surface area contributed by atoms with Crippen molar-refractivity contribution in [1.82, 2.24) is 10.6 Å². The molecule has 0 spiro atoms. The minimum absolute atomic E-state index is 0.135. The van der Waals surface area contributed by atoms with Crippen LogP contribution in [0.25, 0.3) is 0 Å². The predicted molar refractivity (Wildman–Crippen MR) is 81.1 cm³/mol. The van der Waals surface area contributed by atoms with Gasteiger partial charge in [0.25, 0.3) is 0 Å². The third-order valence-electron chi connectivity index (χ3n) is 4.38. The molecular weight excluding hydrogens is 236 g/mol. The number of hydrogen-bond donors (Lipinski definition) is 2. The van der Waals surface area contributed by atoms with Crippen LogP contribution >= 0.6 is 0 Å². The number of carbonyl (C=O) groups is 1. The number of amides is 1. The molecule has 0 aromatic heterocycles. The Hall–Kier alpha value is -0.570. The summed E-state index contributed by atoms with van der Waals surface area (Å²) >= 11 is 0. The quantitative estimate of drug-likeness (QED) is 0.822. The van der Waals surface area contributed by atoms with Crippen LogP contribution in [0.1, 0.15) is 67.2 Å². The molecule has 0 saturated heterocycles. The van der Waals surface area contributed by atoms with Crippen molar-refractivity contribution >= 4 is 5.91 Å². The van der Waals surface area contributed by atoms with E-state index in [4.69, 9.17) is 0 Å². The minimum atomic E-state index is -0.478. The molecule has 1 aliphatic rings. The molecule has 0 radical (unpaired) electrons. The van der Waals surface area contributed by atoms with Crippen LogP contribution in [0.5, 0.6) is 0 Å². The molecule has 2 unspecified atom stereocenters. The van der Waals surface area contributed by atoms with Gasteiger partial charge in [0.05, 0.1) is 5.54 Å². The van der Waals surface area contributed by atoms with Gasteiger partial charge in [-0.25, -0.2) is 0 Å². The van der Waals surface area contributed by atoms with Gasteiger partial charge in [0.15, 0.2) is 0 Å². The van der Waals surface area contributed by atoms with Crippen molar-refractivity contribution in [3.8, 4) is 0 Å². The lowest BCUT2D eigenvalue weighted by atomic mass is 9.69. The van der Waals surface area contributed by atoms with Gasteiger partial charge in [-0.05, 0) is 44.6 Å². The van der Waals surface area contributed by atoms with Crippen LogP contribution in [0.4, 0.5) is 0 Å². The summed E-state index contributed by atoms with van der Waals surface area (Å²) < 4.78 is 0. The highest BCUT2D eigenvalue weighted by Crippen LogP contribution is 2.38. The largest absolute Gasteiger partial charge is 0.351 e. The Morgan fingerprint density at radius 1 is 1.11 bits per heavy atom. The summed E-state index contributed by atoms with van der Waals surface area (Å²) in [5.41, 5.74) is -0.213. The molecule has 3 heteroatoms. The molecule has 0 heterocycles. The maximum absolute atomic E-state index is 12.4. The van der Waals surface area contributed by atoms with E-state index >= 15 is 0 Å². The van der Waals surface area contributed by atoms with E-state index in [1.165, 1.54) is 19.3 Å². The molecule has 2 N–H and O–H groups in total. The summed E-state index contributed by atoms with van der Waals surface area (Å²) in [6.45, 7) is 13.6. The summed E-state index contributed by atoms with van der Waals surface area (Å²) in [5.74, 6) is 0.720. The van der Waals surface area contributed by atoms with Crippen LogP contribution in [-0.2, 0) is 4.79 Å². The van der Waals surface area contributed by atoms with Crippen LogP contribution in [-0.4, -0.2) is 24.0 Å². The zero-order chi connectivity index (χ0) is 14.7. The van der Waals surface area contributed by atoms with E-state index in [9.17, 15) is 4.79 Å². The number of likely N-dealkylation sites (N-methyl/N-ethyl adjacent to an activating group) is 1. The van der Waals surface area contributed by atoms with Gasteiger partial charge in [-0.1, -0.05) is 40.5 Å². The normalized spacial score (nSPS) is 25.2. The third kappa shape index (κ3) is 4.48. The Kier molecular flexibility index (Phi) is 5.43. The van der Waals surface area contributed by atoms with Crippen LogP contribution in [0, 0.1) is 11.3 Å². The van der Waals surface area contributed by atoms with Crippen molar-refractivity contribution in [3.05, 3.63) is 0 Å². The maximum atomic E-state index is 12.4. The topological polar surface area (TPSA) is 41.1 Å². The third-order valence-corrected chi connectivity index (χ3v) is 4.38. The number of carbonyl (C=O) groups excluding carboxylic acids is 1. The lowest BCUT2D eigenvalue weighted by Crippen LogP contribution is -2.57. The fourth-order valence-electron chi connectivity index (χ4n) is 3.21. The lowest BCUT2D eigenvalue weighted by Gasteiger charge is -2.42. The molecule has 19 heavy (non-hydrogen) atoms. The van der Waals surface area contributed by atoms with E-state index < -0.39 is 5.54 Å². The molecule has 3 nitrogen and oxygen atoms in total. The Bertz CT molecular complexity index is 304. The summed E-state index contributed by atoms with van der Waals surface area (Å²) in [7, 11) is 0. The first kappa shape index (κ1) is 16.5. The van der Waals surface area contributed by atoms with E-state index in [0.29, 0.717) is 12.0 Å². The molecule has 1 amide bonds. The Morgan fingerprint density at radius 2 is 1.68 bits per heavy atom. The van der Waals surface area contributed by atoms with Crippen molar-refractivity contribution < 1.29 is 4.79 Å². The summed E-state index contributed by atoms with van der Waals surface area (Å²) in [6, 6.07) is 0.333. The molecular formula is C16H32N2O. The van der Waals surface area contributed by atoms with E-state index in [0.717, 1.165) is 13.0 Å². The fraction of sp³-hybridized carbons (Fsp3) is 0.938. The molecule has 1 fully saturated rings. The van der Waals surface area contributed by atoms with Gasteiger partial charge in [0, 0.05) is 6.04 Å². The van der Waals surface area contributed by atoms with Gasteiger partial charge >= 0.3 is 0 Å². The Balaban J connectivity index is 2.70. The average Bonchev–Trinajstić information content (AvgIpc) is 2.28. The molecule has 2 atom stereocenters. The average molecular weight is 268 g/mol. The molecule has 112 valence electrons. The van der Waals surface area contributed by atoms with E-state index in [-0.39, 0.29) is 11.3 Å². The van der Waals surface area contributed by atoms with Crippen LogP contribution in [0.3, 0.4) is 0 Å². The van der Waals surface area contributed by atoms with Gasteiger partial charge < -0.3 is 10.6 Å². The monoisotopic (exact) mass is 268 g/mol. The molecule has 0 bridgehead atoms. The van der Waals surface area contributed by atoms with Crippen LogP contribution < -0.4 is 10.6 Å². The highest BCUT2D eigenvalue weighted by molar-refractivity contribution is 5.85. The number of rotatable bonds is 4. The zero-order valence-corrected chi connectivity index (χ0v) is 13.6. The first-order valence-electron chi connectivity index (χ1n) is 7.74. The highest BCUT2D eigenvalue weighted by atomic mass is 16.2. The van der Waals surface area contributed by atoms with E-state index in [1.807, 2.05) is 20.8 Å². The van der Waals surface area contributed by atoms with Gasteiger partial charge in [-0.15, -0.1) is 0 Å². The Morgan fingerprint density at radius 3 is 2.21 bits per heavy atom. The standard InChI is InChI=1S/C16H32N2O/c1-7-17-16(5,6)14(19)18-13-11-9-8-10-12(13)15(2,3)4/h12-13,17H,7-11H2,1-6H3,(H,18,19). The SMILES string of the molecule is CCNC(C)(C)C(=O)NC1CCCCC1C(C)(C)C. The number of hydrogen-bond acceptors (Lipinski definition) is 2. The Labute approximate surface area is 118 Å². The van der Waals surface area contributed by atoms with Gasteiger partial charge in [0.2, 0.25) is 5.91 Å². The molecule has 1 saturated carbocycles. The highest BCUT2D eigenvalue weighted by Gasteiger charge is 2.37. The smallest absolute Gasteiger partial charge is 0.239 e. The second-order valence-electron chi connectivity index (χ2n) is 7.49. The molecule has 1 rings (SSSR count). The predicted octanol–water partition coefficient (Wildman–Crippen LogP) is 3.10. The van der Waals surface area contributed by atoms with Crippen molar-refractivity contribution in [2.24, 2.45) is 11.3 Å². The fourth-order valence-corrected chi connectivity index (χ4v) is 3.21. The molecule has 1 aliphatic carbocycles. The van der Waals surface area contributed by atoms with Crippen LogP contribution in [0.15, 0.2) is 0 Å². The summed E-state index contributed by atoms with van der Waals surface area (Å²) in [4.78, 5) is 12.4. The van der Waals surface area contributed by atoms with Crippen molar-refractivity contribution in [1.29, 1.82) is 0 Å². The van der Waals surface area contributed by atoms with Crippen molar-refractivity contribution in [3.63, 3.8) is 0 Å². The lowest BCUT2D eigenvalue weighted by molar-refractivity contribution is -0.128. The summed E-state index contributed by atoms with van der Waals surface area (Å²) in [6.07, 6.45) is 4.88.